The molecule has 0 aliphatic carbocycles. The van der Waals surface area contributed by atoms with E-state index in [1.54, 1.807) is 22.8 Å². The molecular formula is C24H30ClN7O4S. The highest BCUT2D eigenvalue weighted by Gasteiger charge is 2.30. The topological polar surface area (TPSA) is 118 Å². The summed E-state index contributed by atoms with van der Waals surface area (Å²) in [6.45, 7) is 9.85. The van der Waals surface area contributed by atoms with Gasteiger partial charge in [0.15, 0.2) is 5.65 Å². The van der Waals surface area contributed by atoms with Crippen molar-refractivity contribution >= 4 is 38.3 Å². The Morgan fingerprint density at radius 1 is 1.14 bits per heavy atom. The smallest absolute Gasteiger partial charge is 0.335 e. The van der Waals surface area contributed by atoms with E-state index >= 15 is 0 Å². The zero-order chi connectivity index (χ0) is 26.3. The summed E-state index contributed by atoms with van der Waals surface area (Å²) >= 11 is 6.92. The van der Waals surface area contributed by atoms with E-state index in [1.165, 1.54) is 15.0 Å². The normalized spacial score (nSPS) is 15.7. The van der Waals surface area contributed by atoms with E-state index in [0.29, 0.717) is 79.4 Å². The molecule has 0 spiro atoms. The van der Waals surface area contributed by atoms with Crippen LogP contribution in [0.3, 0.4) is 0 Å². The maximum Gasteiger partial charge on any atom is 0.335 e. The Morgan fingerprint density at radius 2 is 1.89 bits per heavy atom. The molecule has 0 radical (unpaired) electrons. The molecule has 0 amide bonds. The Bertz CT molecular complexity index is 1620. The van der Waals surface area contributed by atoms with Gasteiger partial charge < -0.3 is 14.6 Å². The van der Waals surface area contributed by atoms with Gasteiger partial charge in [-0.1, -0.05) is 25.4 Å². The number of aryl methyl sites for hydroxylation is 1. The van der Waals surface area contributed by atoms with Crippen molar-refractivity contribution in [2.45, 2.75) is 38.6 Å². The molecule has 0 atom stereocenters. The van der Waals surface area contributed by atoms with Crippen LogP contribution < -0.4 is 10.4 Å². The van der Waals surface area contributed by atoms with Gasteiger partial charge in [0.1, 0.15) is 17.6 Å². The molecule has 0 saturated carbocycles. The van der Waals surface area contributed by atoms with E-state index in [2.05, 4.69) is 27.0 Å². The summed E-state index contributed by atoms with van der Waals surface area (Å²) in [7, 11) is -3.74. The van der Waals surface area contributed by atoms with Crippen LogP contribution in [0.2, 0.25) is 5.02 Å². The Labute approximate surface area is 219 Å². The number of rotatable bonds is 8. The molecule has 1 aromatic carbocycles. The first-order valence-electron chi connectivity index (χ1n) is 12.4. The molecule has 1 saturated heterocycles. The highest BCUT2D eigenvalue weighted by atomic mass is 35.5. The summed E-state index contributed by atoms with van der Waals surface area (Å²) in [6.07, 6.45) is 2.08. The van der Waals surface area contributed by atoms with Gasteiger partial charge >= 0.3 is 5.69 Å². The first-order valence-corrected chi connectivity index (χ1v) is 14.3. The van der Waals surface area contributed by atoms with Crippen LogP contribution in [0.5, 0.6) is 5.75 Å². The van der Waals surface area contributed by atoms with Crippen molar-refractivity contribution in [2.75, 3.05) is 39.3 Å². The fourth-order valence-corrected chi connectivity index (χ4v) is 6.65. The molecule has 0 unspecified atom stereocenters. The van der Waals surface area contributed by atoms with Crippen molar-refractivity contribution in [3.8, 4) is 17.0 Å². The third-order valence-electron chi connectivity index (χ3n) is 6.78. The van der Waals surface area contributed by atoms with Gasteiger partial charge in [0.05, 0.1) is 27.7 Å². The van der Waals surface area contributed by atoms with Crippen molar-refractivity contribution in [3.63, 3.8) is 0 Å². The number of sulfonamides is 1. The lowest BCUT2D eigenvalue weighted by Gasteiger charge is -2.33. The molecule has 1 aliphatic heterocycles. The van der Waals surface area contributed by atoms with Crippen molar-refractivity contribution in [1.82, 2.24) is 33.4 Å². The minimum absolute atomic E-state index is 0.157. The number of nitrogens with zero attached hydrogens (tertiary/aromatic N) is 6. The molecule has 1 N–H and O–H groups in total. The van der Waals surface area contributed by atoms with Gasteiger partial charge in [-0.2, -0.15) is 4.31 Å². The highest BCUT2D eigenvalue weighted by Crippen LogP contribution is 2.40. The molecular weight excluding hydrogens is 518 g/mol. The van der Waals surface area contributed by atoms with Crippen LogP contribution >= 0.6 is 11.6 Å². The van der Waals surface area contributed by atoms with E-state index in [9.17, 15) is 13.2 Å². The van der Waals surface area contributed by atoms with Gasteiger partial charge in [0.2, 0.25) is 10.0 Å². The number of piperazine rings is 1. The second-order valence-corrected chi connectivity index (χ2v) is 11.2. The molecule has 1 fully saturated rings. The Balaban J connectivity index is 1.69. The minimum Gasteiger partial charge on any atom is -0.493 e. The molecule has 5 rings (SSSR count). The van der Waals surface area contributed by atoms with E-state index < -0.39 is 10.0 Å². The lowest BCUT2D eigenvalue weighted by molar-refractivity contribution is 0.196. The van der Waals surface area contributed by atoms with Gasteiger partial charge in [-0.05, 0) is 38.1 Å². The molecule has 198 valence electrons. The van der Waals surface area contributed by atoms with Crippen LogP contribution in [-0.4, -0.2) is 81.1 Å². The second-order valence-electron chi connectivity index (χ2n) is 8.93. The van der Waals surface area contributed by atoms with E-state index in [-0.39, 0.29) is 15.6 Å². The predicted octanol–water partition coefficient (Wildman–Crippen LogP) is 2.83. The molecule has 37 heavy (non-hydrogen) atoms. The number of halogens is 1. The highest BCUT2D eigenvalue weighted by molar-refractivity contribution is 7.89. The zero-order valence-electron chi connectivity index (χ0n) is 21.1. The van der Waals surface area contributed by atoms with Crippen molar-refractivity contribution in [3.05, 3.63) is 40.0 Å². The van der Waals surface area contributed by atoms with Crippen LogP contribution in [0.15, 0.2) is 34.2 Å². The Kier molecular flexibility index (Phi) is 7.01. The fraction of sp³-hybridized carbons (Fsp3) is 0.458. The summed E-state index contributed by atoms with van der Waals surface area (Å²) in [4.78, 5) is 18.8. The number of hydrogen-bond acceptors (Lipinski definition) is 7. The van der Waals surface area contributed by atoms with Gasteiger partial charge in [0.25, 0.3) is 0 Å². The predicted molar refractivity (Wildman–Crippen MR) is 142 cm³/mol. The summed E-state index contributed by atoms with van der Waals surface area (Å²) in [5, 5.41) is 8.31. The monoisotopic (exact) mass is 547 g/mol. The summed E-state index contributed by atoms with van der Waals surface area (Å²) in [5.74, 6) is 0.479. The third-order valence-corrected chi connectivity index (χ3v) is 9.04. The first-order chi connectivity index (χ1) is 17.8. The van der Waals surface area contributed by atoms with E-state index in [4.69, 9.17) is 16.3 Å². The number of hydrogen-bond donors (Lipinski definition) is 1. The first kappa shape index (κ1) is 25.7. The maximum absolute atomic E-state index is 13.6. The second kappa shape index (κ2) is 10.1. The third kappa shape index (κ3) is 4.31. The number of H-pyrrole nitrogens is 1. The lowest BCUT2D eigenvalue weighted by atomic mass is 10.1. The van der Waals surface area contributed by atoms with Crippen molar-refractivity contribution in [1.29, 1.82) is 0 Å². The summed E-state index contributed by atoms with van der Waals surface area (Å²) in [5.41, 5.74) is 2.02. The molecule has 0 bridgehead atoms. The van der Waals surface area contributed by atoms with Gasteiger partial charge in [-0.25, -0.2) is 17.6 Å². The van der Waals surface area contributed by atoms with Crippen LogP contribution in [0.25, 0.3) is 27.9 Å². The zero-order valence-corrected chi connectivity index (χ0v) is 22.6. The van der Waals surface area contributed by atoms with Gasteiger partial charge in [0, 0.05) is 38.3 Å². The summed E-state index contributed by atoms with van der Waals surface area (Å²) in [6, 6.07) is 4.81. The number of likely N-dealkylation sites (N-methyl/N-ethyl adjacent to an activating group) is 1. The average Bonchev–Trinajstić information content (AvgIpc) is 3.52. The molecule has 4 heterocycles. The Morgan fingerprint density at radius 3 is 2.57 bits per heavy atom. The van der Waals surface area contributed by atoms with Crippen molar-refractivity contribution < 1.29 is 13.2 Å². The molecule has 3 aromatic heterocycles. The minimum atomic E-state index is -3.74. The van der Waals surface area contributed by atoms with E-state index in [1.807, 2.05) is 13.8 Å². The van der Waals surface area contributed by atoms with Crippen LogP contribution in [-0.2, 0) is 16.6 Å². The number of fused-ring (bicyclic) bond motifs is 3. The number of ether oxygens (including phenoxy) is 1. The molecule has 11 nitrogen and oxygen atoms in total. The average molecular weight is 548 g/mol. The number of nitrogens with one attached hydrogen (secondary N) is 1. The fourth-order valence-electron chi connectivity index (χ4n) is 4.85. The molecule has 1 aliphatic rings. The van der Waals surface area contributed by atoms with Gasteiger partial charge in [-0.3, -0.25) is 4.57 Å². The largest absolute Gasteiger partial charge is 0.493 e. The Hall–Kier alpha value is -2.93. The number of aromatic amines is 1. The molecule has 4 aromatic rings. The van der Waals surface area contributed by atoms with Crippen LogP contribution in [0.4, 0.5) is 0 Å². The van der Waals surface area contributed by atoms with Crippen LogP contribution in [0.1, 0.15) is 27.2 Å². The van der Waals surface area contributed by atoms with E-state index in [0.717, 1.165) is 6.54 Å². The van der Waals surface area contributed by atoms with Crippen LogP contribution in [0, 0.1) is 0 Å². The number of benzene rings is 1. The van der Waals surface area contributed by atoms with Crippen molar-refractivity contribution in [2.24, 2.45) is 0 Å². The standard InChI is InChI=1S/C24H30ClN7O4S/c1-4-9-31-22-19(25)20(27-21(22)23-28-26-15-32(23)24(31)33)17-14-16(7-8-18(17)36-6-3)37(34,35)30-12-10-29(5-2)11-13-30/h7-8,14-15,27H,4-6,9-13H2,1-3H3. The maximum atomic E-state index is 13.6. The summed E-state index contributed by atoms with van der Waals surface area (Å²) < 4.78 is 37.5. The van der Waals surface area contributed by atoms with Gasteiger partial charge in [-0.15, -0.1) is 10.2 Å². The number of aromatic nitrogens is 5. The lowest BCUT2D eigenvalue weighted by Crippen LogP contribution is -2.48. The molecule has 13 heteroatoms. The SMILES string of the molecule is CCCn1c(=O)n2cnnc2c2[nH]c(-c3cc(S(=O)(=O)N4CCN(CC)CC4)ccc3OCC)c(Cl)c21. The quantitative estimate of drug-likeness (QED) is 0.360.